The van der Waals surface area contributed by atoms with E-state index in [4.69, 9.17) is 5.11 Å². The number of aromatic nitrogens is 1. The lowest BCUT2D eigenvalue weighted by molar-refractivity contribution is -0.140. The number of nitrogens with one attached hydrogen (secondary N) is 1. The van der Waals surface area contributed by atoms with E-state index in [9.17, 15) is 9.59 Å². The normalized spacial score (nSPS) is 12.1. The maximum Gasteiger partial charge on any atom is 0.308 e. The van der Waals surface area contributed by atoms with E-state index in [0.29, 0.717) is 5.69 Å². The maximum absolute atomic E-state index is 11.9. The number of carbonyl (C=O) groups is 2. The molecule has 0 fully saturated rings. The molecule has 20 heavy (non-hydrogen) atoms. The van der Waals surface area contributed by atoms with Crippen LogP contribution in [0.25, 0.3) is 9.88 Å². The van der Waals surface area contributed by atoms with Crippen LogP contribution in [0.1, 0.15) is 17.4 Å². The summed E-state index contributed by atoms with van der Waals surface area (Å²) in [5.74, 6) is -1.91. The molecule has 2 rings (SSSR count). The minimum absolute atomic E-state index is 0.0889. The smallest absolute Gasteiger partial charge is 0.308 e. The Morgan fingerprint density at radius 3 is 2.80 bits per heavy atom. The lowest BCUT2D eigenvalue weighted by Gasteiger charge is -2.06. The first-order chi connectivity index (χ1) is 9.47. The van der Waals surface area contributed by atoms with Gasteiger partial charge in [0.1, 0.15) is 10.7 Å². The fraction of sp³-hybridized carbons (Fsp3) is 0.250. The molecule has 0 saturated heterocycles. The molecule has 2 aromatic rings. The molecule has 1 amide bonds. The number of thiazole rings is 1. The van der Waals surface area contributed by atoms with Crippen molar-refractivity contribution in [3.63, 3.8) is 0 Å². The van der Waals surface area contributed by atoms with Gasteiger partial charge in [0.25, 0.3) is 5.91 Å². The Hall–Kier alpha value is -1.25. The lowest BCUT2D eigenvalue weighted by atomic mass is 10.2. The van der Waals surface area contributed by atoms with Gasteiger partial charge in [0.2, 0.25) is 0 Å². The second kappa shape index (κ2) is 6.47. The van der Waals surface area contributed by atoms with E-state index >= 15 is 0 Å². The van der Waals surface area contributed by atoms with Gasteiger partial charge in [-0.05, 0) is 22.0 Å². The molecule has 0 aliphatic rings. The summed E-state index contributed by atoms with van der Waals surface area (Å²) >= 11 is 6.30. The summed E-state index contributed by atoms with van der Waals surface area (Å²) in [7, 11) is 0. The van der Waals surface area contributed by atoms with E-state index in [1.165, 1.54) is 18.3 Å². The lowest BCUT2D eigenvalue weighted by Crippen LogP contribution is -2.31. The minimum Gasteiger partial charge on any atom is -0.481 e. The third kappa shape index (κ3) is 3.65. The first-order valence-corrected chi connectivity index (χ1v) is 8.23. The van der Waals surface area contributed by atoms with Gasteiger partial charge in [0.15, 0.2) is 0 Å². The molecule has 0 radical (unpaired) electrons. The molecule has 0 spiro atoms. The van der Waals surface area contributed by atoms with Crippen LogP contribution in [0.4, 0.5) is 0 Å². The summed E-state index contributed by atoms with van der Waals surface area (Å²) < 4.78 is 0.981. The van der Waals surface area contributed by atoms with Crippen molar-refractivity contribution in [2.24, 2.45) is 5.92 Å². The number of rotatable bonds is 5. The van der Waals surface area contributed by atoms with Gasteiger partial charge in [-0.15, -0.1) is 22.7 Å². The molecular weight excluding hydrogens is 364 g/mol. The molecule has 2 heterocycles. The maximum atomic E-state index is 11.9. The highest BCUT2D eigenvalue weighted by Gasteiger charge is 2.16. The Balaban J connectivity index is 2.01. The molecule has 5 nitrogen and oxygen atoms in total. The van der Waals surface area contributed by atoms with E-state index in [1.54, 1.807) is 16.7 Å². The van der Waals surface area contributed by atoms with Gasteiger partial charge in [-0.3, -0.25) is 9.59 Å². The summed E-state index contributed by atoms with van der Waals surface area (Å²) in [6.07, 6.45) is 0. The highest BCUT2D eigenvalue weighted by atomic mass is 79.9. The van der Waals surface area contributed by atoms with Gasteiger partial charge in [-0.1, -0.05) is 6.92 Å². The molecule has 2 N–H and O–H groups in total. The predicted octanol–water partition coefficient (Wildman–Crippen LogP) is 3.08. The number of hydrogen-bond acceptors (Lipinski definition) is 5. The number of thiophene rings is 1. The molecule has 0 aromatic carbocycles. The van der Waals surface area contributed by atoms with Crippen molar-refractivity contribution >= 4 is 50.5 Å². The average Bonchev–Trinajstić information content (AvgIpc) is 3.03. The van der Waals surface area contributed by atoms with E-state index in [0.717, 1.165) is 14.4 Å². The van der Waals surface area contributed by atoms with Crippen LogP contribution >= 0.6 is 38.6 Å². The van der Waals surface area contributed by atoms with Gasteiger partial charge in [-0.25, -0.2) is 4.98 Å². The summed E-state index contributed by atoms with van der Waals surface area (Å²) in [5.41, 5.74) is 0.312. The summed E-state index contributed by atoms with van der Waals surface area (Å²) in [6.45, 7) is 1.63. The highest BCUT2D eigenvalue weighted by Crippen LogP contribution is 2.31. The molecule has 0 saturated carbocycles. The van der Waals surface area contributed by atoms with E-state index in [-0.39, 0.29) is 12.5 Å². The number of carboxylic acids is 1. The Morgan fingerprint density at radius 2 is 2.20 bits per heavy atom. The third-order valence-electron chi connectivity index (χ3n) is 2.51. The first-order valence-electron chi connectivity index (χ1n) is 5.68. The van der Waals surface area contributed by atoms with Gasteiger partial charge in [0, 0.05) is 21.8 Å². The van der Waals surface area contributed by atoms with Crippen LogP contribution in [0.5, 0.6) is 0 Å². The fourth-order valence-corrected chi connectivity index (χ4v) is 3.65. The summed E-state index contributed by atoms with van der Waals surface area (Å²) in [5, 5.41) is 15.7. The molecule has 0 bridgehead atoms. The van der Waals surface area contributed by atoms with Crippen LogP contribution in [-0.4, -0.2) is 28.5 Å². The Labute approximate surface area is 131 Å². The zero-order chi connectivity index (χ0) is 14.7. The molecule has 8 heteroatoms. The topological polar surface area (TPSA) is 79.3 Å². The van der Waals surface area contributed by atoms with Crippen molar-refractivity contribution in [1.82, 2.24) is 10.3 Å². The van der Waals surface area contributed by atoms with Crippen LogP contribution in [0.15, 0.2) is 21.3 Å². The molecule has 1 atom stereocenters. The number of carboxylic acid groups (broad SMARTS) is 1. The van der Waals surface area contributed by atoms with Gasteiger partial charge in [-0.2, -0.15) is 0 Å². The molecule has 0 aliphatic carbocycles. The highest BCUT2D eigenvalue weighted by molar-refractivity contribution is 9.10. The van der Waals surface area contributed by atoms with Crippen molar-refractivity contribution in [2.45, 2.75) is 6.92 Å². The SMILES string of the molecule is CC(CNC(=O)c1csc(-c2cc(Br)cs2)n1)C(=O)O. The zero-order valence-electron chi connectivity index (χ0n) is 10.4. The van der Waals surface area contributed by atoms with Gasteiger partial charge in [0.05, 0.1) is 10.8 Å². The van der Waals surface area contributed by atoms with Crippen molar-refractivity contribution in [1.29, 1.82) is 0 Å². The number of aliphatic carboxylic acids is 1. The predicted molar refractivity (Wildman–Crippen MR) is 82.3 cm³/mol. The van der Waals surface area contributed by atoms with E-state index in [2.05, 4.69) is 26.2 Å². The Kier molecular flexibility index (Phi) is 4.90. The second-order valence-corrected chi connectivity index (χ2v) is 6.80. The van der Waals surface area contributed by atoms with Gasteiger partial charge >= 0.3 is 5.97 Å². The average molecular weight is 375 g/mol. The standard InChI is InChI=1S/C12H11BrN2O3S2/c1-6(12(17)18)3-14-10(16)8-5-20-11(15-8)9-2-7(13)4-19-9/h2,4-6H,3H2,1H3,(H,14,16)(H,17,18). The van der Waals surface area contributed by atoms with E-state index < -0.39 is 11.9 Å². The third-order valence-corrected chi connectivity index (χ3v) is 5.21. The van der Waals surface area contributed by atoms with Crippen molar-refractivity contribution < 1.29 is 14.7 Å². The van der Waals surface area contributed by atoms with Crippen LogP contribution < -0.4 is 5.32 Å². The van der Waals surface area contributed by atoms with Crippen molar-refractivity contribution in [3.05, 3.63) is 27.0 Å². The van der Waals surface area contributed by atoms with Crippen LogP contribution in [-0.2, 0) is 4.79 Å². The number of halogens is 1. The number of hydrogen-bond donors (Lipinski definition) is 2. The second-order valence-electron chi connectivity index (χ2n) is 4.12. The summed E-state index contributed by atoms with van der Waals surface area (Å²) in [6, 6.07) is 1.94. The quantitative estimate of drug-likeness (QED) is 0.842. The fourth-order valence-electron chi connectivity index (χ4n) is 1.34. The Bertz CT molecular complexity index is 638. The van der Waals surface area contributed by atoms with Crippen molar-refractivity contribution in [2.75, 3.05) is 6.54 Å². The van der Waals surface area contributed by atoms with Crippen LogP contribution in [0.2, 0.25) is 0 Å². The first kappa shape index (κ1) is 15.1. The van der Waals surface area contributed by atoms with E-state index in [1.807, 2.05) is 11.4 Å². The minimum atomic E-state index is -0.937. The number of carbonyl (C=O) groups excluding carboxylic acids is 1. The van der Waals surface area contributed by atoms with Crippen LogP contribution in [0, 0.1) is 5.92 Å². The largest absolute Gasteiger partial charge is 0.481 e. The number of amides is 1. The monoisotopic (exact) mass is 374 g/mol. The van der Waals surface area contributed by atoms with Gasteiger partial charge < -0.3 is 10.4 Å². The molecule has 2 aromatic heterocycles. The van der Waals surface area contributed by atoms with Crippen LogP contribution in [0.3, 0.4) is 0 Å². The molecule has 1 unspecified atom stereocenters. The summed E-state index contributed by atoms with van der Waals surface area (Å²) in [4.78, 5) is 27.8. The number of nitrogens with zero attached hydrogens (tertiary/aromatic N) is 1. The molecule has 106 valence electrons. The molecular formula is C12H11BrN2O3S2. The zero-order valence-corrected chi connectivity index (χ0v) is 13.6. The Morgan fingerprint density at radius 1 is 1.45 bits per heavy atom. The molecule has 0 aliphatic heterocycles. The van der Waals surface area contributed by atoms with Crippen molar-refractivity contribution in [3.8, 4) is 9.88 Å².